The Morgan fingerprint density at radius 1 is 1.27 bits per heavy atom. The molecule has 1 heterocycles. The zero-order chi connectivity index (χ0) is 11.4. The van der Waals surface area contributed by atoms with E-state index in [1.54, 1.807) is 7.11 Å². The van der Waals surface area contributed by atoms with Gasteiger partial charge in [-0.3, -0.25) is 0 Å². The van der Waals surface area contributed by atoms with Crippen molar-refractivity contribution in [3.8, 4) is 5.88 Å². The van der Waals surface area contributed by atoms with Gasteiger partial charge >= 0.3 is 0 Å². The molecule has 1 aromatic heterocycles. The lowest BCUT2D eigenvalue weighted by atomic mass is 9.96. The normalized spacial score (nSPS) is 13.3. The van der Waals surface area contributed by atoms with Gasteiger partial charge in [0.15, 0.2) is 0 Å². The Morgan fingerprint density at radius 3 is 2.27 bits per heavy atom. The van der Waals surface area contributed by atoms with E-state index in [1.807, 2.05) is 12.3 Å². The number of hydrogen-bond acceptors (Lipinski definition) is 3. The summed E-state index contributed by atoms with van der Waals surface area (Å²) in [5, 5.41) is 0. The van der Waals surface area contributed by atoms with Crippen LogP contribution in [-0.2, 0) is 0 Å². The van der Waals surface area contributed by atoms with Crippen molar-refractivity contribution in [2.75, 3.05) is 21.2 Å². The number of rotatable bonds is 4. The summed E-state index contributed by atoms with van der Waals surface area (Å²) in [6, 6.07) is 4.40. The van der Waals surface area contributed by atoms with Crippen molar-refractivity contribution in [1.29, 1.82) is 0 Å². The highest BCUT2D eigenvalue weighted by Crippen LogP contribution is 2.26. The first-order valence-electron chi connectivity index (χ1n) is 5.22. The average Bonchev–Trinajstić information content (AvgIpc) is 2.18. The van der Waals surface area contributed by atoms with Gasteiger partial charge in [-0.05, 0) is 25.6 Å². The molecule has 0 fully saturated rings. The van der Waals surface area contributed by atoms with Gasteiger partial charge in [0.1, 0.15) is 0 Å². The highest BCUT2D eigenvalue weighted by Gasteiger charge is 2.18. The van der Waals surface area contributed by atoms with Crippen molar-refractivity contribution in [2.45, 2.75) is 19.9 Å². The third-order valence-corrected chi connectivity index (χ3v) is 2.50. The van der Waals surface area contributed by atoms with E-state index in [1.165, 1.54) is 5.56 Å². The monoisotopic (exact) mass is 208 g/mol. The molecule has 0 N–H and O–H groups in total. The van der Waals surface area contributed by atoms with Crippen molar-refractivity contribution in [3.63, 3.8) is 0 Å². The third kappa shape index (κ3) is 2.93. The van der Waals surface area contributed by atoms with Gasteiger partial charge in [-0.1, -0.05) is 19.9 Å². The first kappa shape index (κ1) is 12.0. The van der Waals surface area contributed by atoms with Gasteiger partial charge in [-0.15, -0.1) is 0 Å². The van der Waals surface area contributed by atoms with Gasteiger partial charge in [0.25, 0.3) is 0 Å². The Kier molecular flexibility index (Phi) is 4.09. The number of pyridine rings is 1. The molecule has 0 unspecified atom stereocenters. The topological polar surface area (TPSA) is 25.4 Å². The van der Waals surface area contributed by atoms with Crippen molar-refractivity contribution in [2.24, 2.45) is 5.92 Å². The lowest BCUT2D eigenvalue weighted by Gasteiger charge is -2.28. The van der Waals surface area contributed by atoms with Gasteiger partial charge < -0.3 is 9.64 Å². The Labute approximate surface area is 92.1 Å². The summed E-state index contributed by atoms with van der Waals surface area (Å²) in [5.74, 6) is 1.23. The number of ether oxygens (including phenoxy) is 1. The van der Waals surface area contributed by atoms with E-state index < -0.39 is 0 Å². The maximum absolute atomic E-state index is 5.05. The molecule has 84 valence electrons. The Balaban J connectivity index is 2.92. The fourth-order valence-corrected chi connectivity index (χ4v) is 1.97. The molecule has 0 aliphatic rings. The lowest BCUT2D eigenvalue weighted by molar-refractivity contribution is 0.234. The molecule has 0 aliphatic heterocycles. The minimum absolute atomic E-state index is 0.406. The van der Waals surface area contributed by atoms with Crippen molar-refractivity contribution in [1.82, 2.24) is 9.88 Å². The molecule has 3 heteroatoms. The first-order chi connectivity index (χ1) is 7.06. The van der Waals surface area contributed by atoms with Crippen molar-refractivity contribution >= 4 is 0 Å². The van der Waals surface area contributed by atoms with Gasteiger partial charge in [0, 0.05) is 18.3 Å². The zero-order valence-corrected chi connectivity index (χ0v) is 10.2. The fourth-order valence-electron chi connectivity index (χ4n) is 1.97. The van der Waals surface area contributed by atoms with E-state index in [4.69, 9.17) is 4.74 Å². The number of nitrogens with zero attached hydrogens (tertiary/aromatic N) is 2. The number of methoxy groups -OCH3 is 1. The van der Waals surface area contributed by atoms with Crippen LogP contribution in [-0.4, -0.2) is 31.1 Å². The molecule has 15 heavy (non-hydrogen) atoms. The predicted octanol–water partition coefficient (Wildman–Crippen LogP) is 2.35. The molecule has 0 saturated carbocycles. The van der Waals surface area contributed by atoms with Crippen LogP contribution in [0.5, 0.6) is 5.88 Å². The summed E-state index contributed by atoms with van der Waals surface area (Å²) < 4.78 is 5.05. The molecule has 3 nitrogen and oxygen atoms in total. The third-order valence-electron chi connectivity index (χ3n) is 2.50. The van der Waals surface area contributed by atoms with Crippen LogP contribution in [0.15, 0.2) is 18.3 Å². The van der Waals surface area contributed by atoms with Crippen LogP contribution in [0.2, 0.25) is 0 Å². The smallest absolute Gasteiger partial charge is 0.212 e. The second-order valence-corrected chi connectivity index (χ2v) is 4.29. The minimum atomic E-state index is 0.406. The molecule has 1 aromatic rings. The first-order valence-corrected chi connectivity index (χ1v) is 5.22. The zero-order valence-electron chi connectivity index (χ0n) is 10.2. The van der Waals surface area contributed by atoms with Crippen LogP contribution < -0.4 is 4.74 Å². The van der Waals surface area contributed by atoms with Crippen LogP contribution in [0.25, 0.3) is 0 Å². The molecule has 0 radical (unpaired) electrons. The van der Waals surface area contributed by atoms with Crippen molar-refractivity contribution < 1.29 is 4.74 Å². The quantitative estimate of drug-likeness (QED) is 0.759. The van der Waals surface area contributed by atoms with E-state index >= 15 is 0 Å². The molecule has 0 spiro atoms. The number of aromatic nitrogens is 1. The van der Waals surface area contributed by atoms with E-state index in [-0.39, 0.29) is 0 Å². The Hall–Kier alpha value is -1.09. The van der Waals surface area contributed by atoms with Gasteiger partial charge in [0.2, 0.25) is 5.88 Å². The summed E-state index contributed by atoms with van der Waals surface area (Å²) in [6.07, 6.45) is 1.89. The largest absolute Gasteiger partial charge is 0.481 e. The van der Waals surface area contributed by atoms with Crippen molar-refractivity contribution in [3.05, 3.63) is 23.9 Å². The molecule has 0 aliphatic carbocycles. The van der Waals surface area contributed by atoms with Crippen LogP contribution in [0.4, 0.5) is 0 Å². The molecule has 0 amide bonds. The second kappa shape index (κ2) is 5.12. The second-order valence-electron chi connectivity index (χ2n) is 4.29. The standard InChI is InChI=1S/C12H20N2O/c1-9(2)12(14(3)4)10-6-7-11(15-5)13-8-10/h6-9,12H,1-5H3/t12-/m1/s1. The molecule has 1 rings (SSSR count). The van der Waals surface area contributed by atoms with Gasteiger partial charge in [0.05, 0.1) is 7.11 Å². The van der Waals surface area contributed by atoms with E-state index in [9.17, 15) is 0 Å². The summed E-state index contributed by atoms with van der Waals surface area (Å²) >= 11 is 0. The summed E-state index contributed by atoms with van der Waals surface area (Å²) in [4.78, 5) is 6.45. The molecule has 0 saturated heterocycles. The number of hydrogen-bond donors (Lipinski definition) is 0. The lowest BCUT2D eigenvalue weighted by Crippen LogP contribution is -2.24. The molecule has 0 aromatic carbocycles. The van der Waals surface area contributed by atoms with Crippen LogP contribution >= 0.6 is 0 Å². The molecule has 0 bridgehead atoms. The van der Waals surface area contributed by atoms with Crippen LogP contribution in [0, 0.1) is 5.92 Å². The summed E-state index contributed by atoms with van der Waals surface area (Å²) in [6.45, 7) is 4.43. The molecular formula is C12H20N2O. The maximum Gasteiger partial charge on any atom is 0.212 e. The molecule has 1 atom stereocenters. The highest BCUT2D eigenvalue weighted by molar-refractivity contribution is 5.21. The van der Waals surface area contributed by atoms with Crippen LogP contribution in [0.3, 0.4) is 0 Å². The van der Waals surface area contributed by atoms with Gasteiger partial charge in [-0.2, -0.15) is 0 Å². The SMILES string of the molecule is COc1ccc([C@@H](C(C)C)N(C)C)cn1. The Bertz CT molecular complexity index is 285. The predicted molar refractivity (Wildman–Crippen MR) is 62.1 cm³/mol. The highest BCUT2D eigenvalue weighted by atomic mass is 16.5. The van der Waals surface area contributed by atoms with E-state index in [0.717, 1.165) is 0 Å². The summed E-state index contributed by atoms with van der Waals surface area (Å²) in [7, 11) is 5.82. The van der Waals surface area contributed by atoms with Gasteiger partial charge in [-0.25, -0.2) is 4.98 Å². The Morgan fingerprint density at radius 2 is 1.93 bits per heavy atom. The van der Waals surface area contributed by atoms with Crippen LogP contribution in [0.1, 0.15) is 25.5 Å². The maximum atomic E-state index is 5.05. The average molecular weight is 208 g/mol. The molecular weight excluding hydrogens is 188 g/mol. The van der Waals surface area contributed by atoms with E-state index in [0.29, 0.717) is 17.8 Å². The minimum Gasteiger partial charge on any atom is -0.481 e. The van der Waals surface area contributed by atoms with E-state index in [2.05, 4.69) is 43.9 Å². The fraction of sp³-hybridized carbons (Fsp3) is 0.583. The summed E-state index contributed by atoms with van der Waals surface area (Å²) in [5.41, 5.74) is 1.23.